The molecule has 5 nitrogen and oxygen atoms in total. The summed E-state index contributed by atoms with van der Waals surface area (Å²) in [5.74, 6) is 0.631. The highest BCUT2D eigenvalue weighted by atomic mass is 32.1. The van der Waals surface area contributed by atoms with E-state index < -0.39 is 0 Å². The molecule has 2 rings (SSSR count). The van der Waals surface area contributed by atoms with Crippen LogP contribution in [0.3, 0.4) is 0 Å². The van der Waals surface area contributed by atoms with Crippen molar-refractivity contribution in [3.05, 3.63) is 10.6 Å². The molecule has 1 saturated heterocycles. The molecule has 0 bridgehead atoms. The molecule has 1 aliphatic heterocycles. The Morgan fingerprint density at radius 3 is 3.11 bits per heavy atom. The van der Waals surface area contributed by atoms with Gasteiger partial charge in [0.15, 0.2) is 0 Å². The number of aryl methyl sites for hydroxylation is 1. The lowest BCUT2D eigenvalue weighted by Crippen LogP contribution is -2.39. The molecule has 0 spiro atoms. The van der Waals surface area contributed by atoms with Gasteiger partial charge in [-0.3, -0.25) is 4.79 Å². The predicted molar refractivity (Wildman–Crippen MR) is 71.8 cm³/mol. The third-order valence-electron chi connectivity index (χ3n) is 3.36. The second-order valence-electron chi connectivity index (χ2n) is 4.80. The molecule has 1 amide bonds. The minimum atomic E-state index is 0.0624. The molecule has 6 heteroatoms. The van der Waals surface area contributed by atoms with Gasteiger partial charge in [0.2, 0.25) is 0 Å². The third-order valence-corrected chi connectivity index (χ3v) is 4.12. The van der Waals surface area contributed by atoms with Crippen molar-refractivity contribution >= 4 is 17.4 Å². The summed E-state index contributed by atoms with van der Waals surface area (Å²) < 4.78 is 3.88. The van der Waals surface area contributed by atoms with E-state index in [1.807, 2.05) is 18.9 Å². The highest BCUT2D eigenvalue weighted by molar-refractivity contribution is 7.07. The summed E-state index contributed by atoms with van der Waals surface area (Å²) in [5.41, 5.74) is 0.818. The summed E-state index contributed by atoms with van der Waals surface area (Å²) >= 11 is 1.20. The summed E-state index contributed by atoms with van der Waals surface area (Å²) in [7, 11) is 1.87. The molecule has 1 N–H and O–H groups in total. The van der Waals surface area contributed by atoms with E-state index in [1.54, 1.807) is 0 Å². The lowest BCUT2D eigenvalue weighted by atomic mass is 9.99. The maximum Gasteiger partial charge on any atom is 0.267 e. The van der Waals surface area contributed by atoms with Crippen LogP contribution in [0.2, 0.25) is 0 Å². The van der Waals surface area contributed by atoms with E-state index in [4.69, 9.17) is 0 Å². The SMILES string of the molecule is CCc1nnsc1C(=O)N(C)CC1CCCNC1. The zero-order chi connectivity index (χ0) is 13.0. The Bertz CT molecular complexity index is 401. The Kier molecular flexibility index (Phi) is 4.66. The van der Waals surface area contributed by atoms with Gasteiger partial charge < -0.3 is 10.2 Å². The first kappa shape index (κ1) is 13.4. The van der Waals surface area contributed by atoms with Gasteiger partial charge in [0.1, 0.15) is 4.88 Å². The van der Waals surface area contributed by atoms with Gasteiger partial charge in [-0.25, -0.2) is 0 Å². The van der Waals surface area contributed by atoms with Crippen molar-refractivity contribution in [2.75, 3.05) is 26.7 Å². The second kappa shape index (κ2) is 6.24. The van der Waals surface area contributed by atoms with Crippen molar-refractivity contribution in [2.24, 2.45) is 5.92 Å². The number of nitrogens with one attached hydrogen (secondary N) is 1. The minimum absolute atomic E-state index is 0.0624. The predicted octanol–water partition coefficient (Wildman–Crippen LogP) is 1.17. The Balaban J connectivity index is 1.95. The molecule has 1 aromatic heterocycles. The van der Waals surface area contributed by atoms with E-state index in [1.165, 1.54) is 24.4 Å². The maximum absolute atomic E-state index is 12.3. The Morgan fingerprint density at radius 2 is 2.44 bits per heavy atom. The molecule has 1 aromatic rings. The van der Waals surface area contributed by atoms with Crippen LogP contribution in [0.1, 0.15) is 35.1 Å². The van der Waals surface area contributed by atoms with Gasteiger partial charge in [-0.15, -0.1) is 5.10 Å². The first-order valence-corrected chi connectivity index (χ1v) is 7.27. The fourth-order valence-electron chi connectivity index (χ4n) is 2.33. The van der Waals surface area contributed by atoms with Crippen molar-refractivity contribution in [1.29, 1.82) is 0 Å². The molecule has 1 unspecified atom stereocenters. The van der Waals surface area contributed by atoms with E-state index in [-0.39, 0.29) is 5.91 Å². The average Bonchev–Trinajstić information content (AvgIpc) is 2.87. The van der Waals surface area contributed by atoms with Gasteiger partial charge in [-0.05, 0) is 49.8 Å². The number of nitrogens with zero attached hydrogens (tertiary/aromatic N) is 3. The fourth-order valence-corrected chi connectivity index (χ4v) is 3.07. The number of carbonyl (C=O) groups is 1. The molecule has 0 radical (unpaired) electrons. The van der Waals surface area contributed by atoms with Gasteiger partial charge in [-0.2, -0.15) is 0 Å². The Labute approximate surface area is 112 Å². The smallest absolute Gasteiger partial charge is 0.267 e. The van der Waals surface area contributed by atoms with Crippen LogP contribution in [0.25, 0.3) is 0 Å². The minimum Gasteiger partial charge on any atom is -0.341 e. The van der Waals surface area contributed by atoms with Crippen molar-refractivity contribution < 1.29 is 4.79 Å². The van der Waals surface area contributed by atoms with Gasteiger partial charge >= 0.3 is 0 Å². The van der Waals surface area contributed by atoms with Crippen LogP contribution in [0, 0.1) is 5.92 Å². The molecular weight excluding hydrogens is 248 g/mol. The Hall–Kier alpha value is -1.01. The molecule has 0 aliphatic carbocycles. The molecule has 1 fully saturated rings. The quantitative estimate of drug-likeness (QED) is 0.890. The standard InChI is InChI=1S/C12H20N4OS/c1-3-10-11(18-15-14-10)12(17)16(2)8-9-5-4-6-13-7-9/h9,13H,3-8H2,1-2H3. The number of aromatic nitrogens is 2. The van der Waals surface area contributed by atoms with E-state index in [0.29, 0.717) is 10.8 Å². The van der Waals surface area contributed by atoms with Crippen molar-refractivity contribution in [3.63, 3.8) is 0 Å². The van der Waals surface area contributed by atoms with E-state index >= 15 is 0 Å². The molecule has 2 heterocycles. The van der Waals surface area contributed by atoms with Crippen LogP contribution in [-0.2, 0) is 6.42 Å². The average molecular weight is 268 g/mol. The first-order chi connectivity index (χ1) is 8.72. The van der Waals surface area contributed by atoms with Gasteiger partial charge in [-0.1, -0.05) is 11.4 Å². The van der Waals surface area contributed by atoms with Crippen LogP contribution in [0.4, 0.5) is 0 Å². The van der Waals surface area contributed by atoms with Crippen LogP contribution in [0.5, 0.6) is 0 Å². The molecule has 1 aliphatic rings. The number of carbonyl (C=O) groups excluding carboxylic acids is 1. The van der Waals surface area contributed by atoms with Crippen LogP contribution < -0.4 is 5.32 Å². The number of hydrogen-bond acceptors (Lipinski definition) is 5. The van der Waals surface area contributed by atoms with Crippen LogP contribution in [0.15, 0.2) is 0 Å². The van der Waals surface area contributed by atoms with Crippen molar-refractivity contribution in [1.82, 2.24) is 19.8 Å². The molecular formula is C12H20N4OS. The highest BCUT2D eigenvalue weighted by Crippen LogP contribution is 2.16. The summed E-state index contributed by atoms with van der Waals surface area (Å²) in [6.45, 7) is 4.93. The monoisotopic (exact) mass is 268 g/mol. The van der Waals surface area contributed by atoms with E-state index in [2.05, 4.69) is 14.9 Å². The van der Waals surface area contributed by atoms with Crippen LogP contribution in [-0.4, -0.2) is 47.1 Å². The summed E-state index contributed by atoms with van der Waals surface area (Å²) in [4.78, 5) is 14.8. The fraction of sp³-hybridized carbons (Fsp3) is 0.750. The molecule has 100 valence electrons. The molecule has 18 heavy (non-hydrogen) atoms. The molecule has 1 atom stereocenters. The van der Waals surface area contributed by atoms with Gasteiger partial charge in [0.25, 0.3) is 5.91 Å². The lowest BCUT2D eigenvalue weighted by Gasteiger charge is -2.27. The zero-order valence-electron chi connectivity index (χ0n) is 11.0. The zero-order valence-corrected chi connectivity index (χ0v) is 11.8. The molecule has 0 saturated carbocycles. The summed E-state index contributed by atoms with van der Waals surface area (Å²) in [5, 5.41) is 7.37. The highest BCUT2D eigenvalue weighted by Gasteiger charge is 2.22. The van der Waals surface area contributed by atoms with Gasteiger partial charge in [0.05, 0.1) is 5.69 Å². The topological polar surface area (TPSA) is 58.1 Å². The maximum atomic E-state index is 12.3. The summed E-state index contributed by atoms with van der Waals surface area (Å²) in [6.07, 6.45) is 3.16. The molecule has 0 aromatic carbocycles. The summed E-state index contributed by atoms with van der Waals surface area (Å²) in [6, 6.07) is 0. The van der Waals surface area contributed by atoms with Crippen molar-refractivity contribution in [2.45, 2.75) is 26.2 Å². The number of hydrogen-bond donors (Lipinski definition) is 1. The van der Waals surface area contributed by atoms with Gasteiger partial charge in [0, 0.05) is 13.6 Å². The van der Waals surface area contributed by atoms with Crippen LogP contribution >= 0.6 is 11.5 Å². The van der Waals surface area contributed by atoms with E-state index in [9.17, 15) is 4.79 Å². The number of rotatable bonds is 4. The van der Waals surface area contributed by atoms with Crippen molar-refractivity contribution in [3.8, 4) is 0 Å². The first-order valence-electron chi connectivity index (χ1n) is 6.49. The number of amides is 1. The lowest BCUT2D eigenvalue weighted by molar-refractivity contribution is 0.0768. The van der Waals surface area contributed by atoms with E-state index in [0.717, 1.165) is 31.7 Å². The second-order valence-corrected chi connectivity index (χ2v) is 5.55. The largest absolute Gasteiger partial charge is 0.341 e. The number of piperidine rings is 1. The normalized spacial score (nSPS) is 19.8. The Morgan fingerprint density at radius 1 is 1.61 bits per heavy atom. The third kappa shape index (κ3) is 3.05.